The molecule has 0 aliphatic carbocycles. The lowest BCUT2D eigenvalue weighted by atomic mass is 9.91. The molecule has 1 N–H and O–H groups in total. The zero-order valence-corrected chi connectivity index (χ0v) is 15.1. The zero-order valence-electron chi connectivity index (χ0n) is 15.1. The molecule has 2 heterocycles. The first-order chi connectivity index (χ1) is 12.0. The van der Waals surface area contributed by atoms with E-state index in [1.54, 1.807) is 19.0 Å². The van der Waals surface area contributed by atoms with Gasteiger partial charge < -0.3 is 19.6 Å². The maximum Gasteiger partial charge on any atom is 0.324 e. The molecule has 1 aliphatic heterocycles. The van der Waals surface area contributed by atoms with Crippen LogP contribution in [-0.2, 0) is 0 Å². The van der Waals surface area contributed by atoms with Crippen molar-refractivity contribution in [1.82, 2.24) is 20.4 Å². The van der Waals surface area contributed by atoms with E-state index in [9.17, 15) is 4.79 Å². The van der Waals surface area contributed by atoms with Crippen LogP contribution in [0.15, 0.2) is 34.9 Å². The highest BCUT2D eigenvalue weighted by Gasteiger charge is 2.38. The molecule has 3 rings (SSSR count). The predicted molar refractivity (Wildman–Crippen MR) is 96.3 cm³/mol. The number of amides is 2. The van der Waals surface area contributed by atoms with Crippen molar-refractivity contribution >= 4 is 12.0 Å². The van der Waals surface area contributed by atoms with Crippen LogP contribution in [0.4, 0.5) is 10.8 Å². The molecule has 0 bridgehead atoms. The minimum absolute atomic E-state index is 0.0574. The predicted octanol–water partition coefficient (Wildman–Crippen LogP) is 2.47. The molecule has 0 saturated carbocycles. The SMILES string of the molecule is CC(C)[C@@H]1CN(c2nc(-c3ccccc3)no2)C[C@H]1NC(=O)N(C)C. The number of nitrogens with zero attached hydrogens (tertiary/aromatic N) is 4. The summed E-state index contributed by atoms with van der Waals surface area (Å²) in [4.78, 5) is 20.2. The van der Waals surface area contributed by atoms with Crippen LogP contribution in [0.5, 0.6) is 0 Å². The largest absolute Gasteiger partial charge is 0.333 e. The zero-order chi connectivity index (χ0) is 18.0. The minimum Gasteiger partial charge on any atom is -0.333 e. The molecule has 25 heavy (non-hydrogen) atoms. The van der Waals surface area contributed by atoms with Gasteiger partial charge in [-0.2, -0.15) is 4.98 Å². The summed E-state index contributed by atoms with van der Waals surface area (Å²) in [6.45, 7) is 5.80. The van der Waals surface area contributed by atoms with Gasteiger partial charge in [-0.1, -0.05) is 49.3 Å². The average molecular weight is 343 g/mol. The fourth-order valence-corrected chi connectivity index (χ4v) is 3.15. The van der Waals surface area contributed by atoms with Gasteiger partial charge in [0.05, 0.1) is 6.04 Å². The average Bonchev–Trinajstić information content (AvgIpc) is 3.22. The molecule has 2 atom stereocenters. The van der Waals surface area contributed by atoms with E-state index in [0.717, 1.165) is 12.1 Å². The normalized spacial score (nSPS) is 20.1. The van der Waals surface area contributed by atoms with Gasteiger partial charge in [0.1, 0.15) is 0 Å². The van der Waals surface area contributed by atoms with Crippen LogP contribution in [0.1, 0.15) is 13.8 Å². The van der Waals surface area contributed by atoms with E-state index in [4.69, 9.17) is 4.52 Å². The summed E-state index contributed by atoms with van der Waals surface area (Å²) in [5.41, 5.74) is 0.926. The van der Waals surface area contributed by atoms with E-state index in [1.807, 2.05) is 30.3 Å². The van der Waals surface area contributed by atoms with Crippen molar-refractivity contribution in [3.63, 3.8) is 0 Å². The molecule has 2 amide bonds. The molecular formula is C18H25N5O2. The van der Waals surface area contributed by atoms with Crippen molar-refractivity contribution in [2.75, 3.05) is 32.1 Å². The number of benzene rings is 1. The van der Waals surface area contributed by atoms with Crippen molar-refractivity contribution in [3.05, 3.63) is 30.3 Å². The number of hydrogen-bond donors (Lipinski definition) is 1. The highest BCUT2D eigenvalue weighted by atomic mass is 16.5. The van der Waals surface area contributed by atoms with E-state index in [1.165, 1.54) is 0 Å². The standard InChI is InChI=1S/C18H25N5O2/c1-12(2)14-10-23(11-15(14)19-17(24)22(3)4)18-20-16(21-25-18)13-8-6-5-7-9-13/h5-9,12,14-15H,10-11H2,1-4H3,(H,19,24)/t14-,15+/m0/s1. The lowest BCUT2D eigenvalue weighted by Crippen LogP contribution is -2.46. The Bertz CT molecular complexity index is 713. The molecule has 1 saturated heterocycles. The summed E-state index contributed by atoms with van der Waals surface area (Å²) in [5, 5.41) is 7.20. The van der Waals surface area contributed by atoms with Gasteiger partial charge in [-0.3, -0.25) is 0 Å². The Balaban J connectivity index is 1.75. The Morgan fingerprint density at radius 2 is 2.00 bits per heavy atom. The topological polar surface area (TPSA) is 74.5 Å². The molecule has 0 radical (unpaired) electrons. The van der Waals surface area contributed by atoms with E-state index in [2.05, 4.69) is 34.2 Å². The Labute approximate surface area is 148 Å². The van der Waals surface area contributed by atoms with Crippen LogP contribution in [0.25, 0.3) is 11.4 Å². The van der Waals surface area contributed by atoms with Crippen LogP contribution in [-0.4, -0.2) is 54.3 Å². The van der Waals surface area contributed by atoms with Crippen molar-refractivity contribution in [2.24, 2.45) is 11.8 Å². The summed E-state index contributed by atoms with van der Waals surface area (Å²) in [5.74, 6) is 1.35. The van der Waals surface area contributed by atoms with Crippen molar-refractivity contribution in [2.45, 2.75) is 19.9 Å². The highest BCUT2D eigenvalue weighted by Crippen LogP contribution is 2.29. The third kappa shape index (κ3) is 3.75. The Hall–Kier alpha value is -2.57. The molecule has 2 aromatic rings. The van der Waals surface area contributed by atoms with Crippen LogP contribution >= 0.6 is 0 Å². The van der Waals surface area contributed by atoms with Gasteiger partial charge in [0.2, 0.25) is 5.82 Å². The monoisotopic (exact) mass is 343 g/mol. The second kappa shape index (κ2) is 7.13. The maximum absolute atomic E-state index is 12.0. The minimum atomic E-state index is -0.0759. The third-order valence-electron chi connectivity index (χ3n) is 4.65. The molecule has 1 aromatic carbocycles. The number of rotatable bonds is 4. The van der Waals surface area contributed by atoms with Crippen molar-refractivity contribution in [1.29, 1.82) is 0 Å². The number of nitrogens with one attached hydrogen (secondary N) is 1. The first-order valence-corrected chi connectivity index (χ1v) is 8.57. The molecule has 134 valence electrons. The van der Waals surface area contributed by atoms with Crippen molar-refractivity contribution in [3.8, 4) is 11.4 Å². The van der Waals surface area contributed by atoms with Gasteiger partial charge >= 0.3 is 12.0 Å². The summed E-state index contributed by atoms with van der Waals surface area (Å²) < 4.78 is 5.47. The first-order valence-electron chi connectivity index (χ1n) is 8.57. The maximum atomic E-state index is 12.0. The van der Waals surface area contributed by atoms with Crippen LogP contribution in [0.2, 0.25) is 0 Å². The molecule has 1 aliphatic rings. The Morgan fingerprint density at radius 3 is 2.64 bits per heavy atom. The lowest BCUT2D eigenvalue weighted by Gasteiger charge is -2.24. The molecule has 0 unspecified atom stereocenters. The van der Waals surface area contributed by atoms with Crippen LogP contribution < -0.4 is 10.2 Å². The van der Waals surface area contributed by atoms with E-state index < -0.39 is 0 Å². The number of carbonyl (C=O) groups excluding carboxylic acids is 1. The Morgan fingerprint density at radius 1 is 1.28 bits per heavy atom. The van der Waals surface area contributed by atoms with Crippen LogP contribution in [0, 0.1) is 11.8 Å². The van der Waals surface area contributed by atoms with Gasteiger partial charge in [-0.15, -0.1) is 0 Å². The Kier molecular flexibility index (Phi) is 4.92. The summed E-state index contributed by atoms with van der Waals surface area (Å²) in [6.07, 6.45) is 0. The second-order valence-electron chi connectivity index (χ2n) is 7.03. The van der Waals surface area contributed by atoms with E-state index >= 15 is 0 Å². The van der Waals surface area contributed by atoms with E-state index in [0.29, 0.717) is 30.2 Å². The van der Waals surface area contributed by atoms with Gasteiger partial charge in [0, 0.05) is 38.7 Å². The number of anilines is 1. The summed E-state index contributed by atoms with van der Waals surface area (Å²) in [7, 11) is 3.49. The van der Waals surface area contributed by atoms with Crippen molar-refractivity contribution < 1.29 is 9.32 Å². The van der Waals surface area contributed by atoms with E-state index in [-0.39, 0.29) is 12.1 Å². The molecular weight excluding hydrogens is 318 g/mol. The summed E-state index contributed by atoms with van der Waals surface area (Å²) in [6, 6.07) is 10.2. The molecule has 7 nitrogen and oxygen atoms in total. The highest BCUT2D eigenvalue weighted by molar-refractivity contribution is 5.74. The smallest absolute Gasteiger partial charge is 0.324 e. The number of aromatic nitrogens is 2. The van der Waals surface area contributed by atoms with Gasteiger partial charge in [0.25, 0.3) is 0 Å². The molecule has 1 aromatic heterocycles. The molecule has 0 spiro atoms. The van der Waals surface area contributed by atoms with Gasteiger partial charge in [-0.25, -0.2) is 4.79 Å². The van der Waals surface area contributed by atoms with Crippen LogP contribution in [0.3, 0.4) is 0 Å². The summed E-state index contributed by atoms with van der Waals surface area (Å²) >= 11 is 0. The quantitative estimate of drug-likeness (QED) is 0.923. The first kappa shape index (κ1) is 17.3. The fourth-order valence-electron chi connectivity index (χ4n) is 3.15. The fraction of sp³-hybridized carbons (Fsp3) is 0.500. The van der Waals surface area contributed by atoms with Gasteiger partial charge in [0.15, 0.2) is 0 Å². The number of urea groups is 1. The molecule has 1 fully saturated rings. The lowest BCUT2D eigenvalue weighted by molar-refractivity contribution is 0.208. The van der Waals surface area contributed by atoms with Gasteiger partial charge in [-0.05, 0) is 5.92 Å². The number of hydrogen-bond acceptors (Lipinski definition) is 5. The number of carbonyl (C=O) groups is 1. The second-order valence-corrected chi connectivity index (χ2v) is 7.03. The third-order valence-corrected chi connectivity index (χ3v) is 4.65. The molecule has 7 heteroatoms.